The topological polar surface area (TPSA) is 57.7 Å². The van der Waals surface area contributed by atoms with E-state index in [0.29, 0.717) is 13.1 Å². The monoisotopic (exact) mass is 384 g/mol. The quantitative estimate of drug-likeness (QED) is 0.814. The van der Waals surface area contributed by atoms with Crippen molar-refractivity contribution >= 4 is 21.6 Å². The molecule has 1 saturated heterocycles. The lowest BCUT2D eigenvalue weighted by Crippen LogP contribution is -2.46. The van der Waals surface area contributed by atoms with E-state index in [0.717, 1.165) is 30.5 Å². The molecule has 0 bridgehead atoms. The second-order valence-electron chi connectivity index (χ2n) is 7.31. The van der Waals surface area contributed by atoms with Crippen molar-refractivity contribution in [1.82, 2.24) is 4.31 Å². The third-order valence-corrected chi connectivity index (χ3v) is 7.29. The highest BCUT2D eigenvalue weighted by Gasteiger charge is 2.36. The van der Waals surface area contributed by atoms with Crippen molar-refractivity contribution in [3.8, 4) is 0 Å². The SMILES string of the molecule is O=C([C@@H]1CCCN(S(=O)(=O)Cc2ccccc2)C1)N1CCc2ccccc21. The molecule has 0 N–H and O–H groups in total. The minimum absolute atomic E-state index is 0.0126. The predicted molar refractivity (Wildman–Crippen MR) is 106 cm³/mol. The van der Waals surface area contributed by atoms with Gasteiger partial charge in [0.05, 0.1) is 11.7 Å². The Kier molecular flexibility index (Phi) is 5.02. The number of nitrogens with zero attached hydrogens (tertiary/aromatic N) is 2. The zero-order chi connectivity index (χ0) is 18.9. The van der Waals surface area contributed by atoms with Crippen LogP contribution in [0, 0.1) is 5.92 Å². The first kappa shape index (κ1) is 18.2. The molecule has 2 aliphatic rings. The summed E-state index contributed by atoms with van der Waals surface area (Å²) in [6, 6.07) is 17.2. The number of para-hydroxylation sites is 1. The molecule has 1 atom stereocenters. The fraction of sp³-hybridized carbons (Fsp3) is 0.381. The van der Waals surface area contributed by atoms with E-state index in [4.69, 9.17) is 0 Å². The van der Waals surface area contributed by atoms with Gasteiger partial charge in [-0.2, -0.15) is 0 Å². The molecule has 6 heteroatoms. The van der Waals surface area contributed by atoms with E-state index in [1.54, 1.807) is 0 Å². The Hall–Kier alpha value is -2.18. The molecule has 0 radical (unpaired) electrons. The van der Waals surface area contributed by atoms with Crippen LogP contribution in [0.2, 0.25) is 0 Å². The molecule has 2 aliphatic heterocycles. The van der Waals surface area contributed by atoms with Crippen LogP contribution in [0.5, 0.6) is 0 Å². The summed E-state index contributed by atoms with van der Waals surface area (Å²) in [6.45, 7) is 1.47. The molecule has 1 amide bonds. The van der Waals surface area contributed by atoms with Crippen molar-refractivity contribution in [1.29, 1.82) is 0 Å². The van der Waals surface area contributed by atoms with E-state index < -0.39 is 10.0 Å². The van der Waals surface area contributed by atoms with Gasteiger partial charge in [-0.3, -0.25) is 4.79 Å². The van der Waals surface area contributed by atoms with E-state index in [1.807, 2.05) is 53.4 Å². The van der Waals surface area contributed by atoms with E-state index in [1.165, 1.54) is 9.87 Å². The van der Waals surface area contributed by atoms with Crippen LogP contribution >= 0.6 is 0 Å². The number of rotatable bonds is 4. The molecule has 2 heterocycles. The van der Waals surface area contributed by atoms with Gasteiger partial charge in [0.2, 0.25) is 15.9 Å². The lowest BCUT2D eigenvalue weighted by atomic mass is 9.98. The van der Waals surface area contributed by atoms with Crippen LogP contribution in [0.25, 0.3) is 0 Å². The molecule has 4 rings (SSSR count). The van der Waals surface area contributed by atoms with Gasteiger partial charge in [0, 0.05) is 25.3 Å². The number of fused-ring (bicyclic) bond motifs is 1. The molecule has 0 unspecified atom stereocenters. The summed E-state index contributed by atoms with van der Waals surface area (Å²) in [7, 11) is -3.42. The predicted octanol–water partition coefficient (Wildman–Crippen LogP) is 2.82. The second-order valence-corrected chi connectivity index (χ2v) is 9.28. The van der Waals surface area contributed by atoms with Crippen LogP contribution in [0.1, 0.15) is 24.0 Å². The maximum absolute atomic E-state index is 13.1. The summed E-state index contributed by atoms with van der Waals surface area (Å²) in [4.78, 5) is 14.9. The van der Waals surface area contributed by atoms with E-state index in [9.17, 15) is 13.2 Å². The lowest BCUT2D eigenvalue weighted by Gasteiger charge is -2.33. The highest BCUT2D eigenvalue weighted by atomic mass is 32.2. The van der Waals surface area contributed by atoms with Gasteiger partial charge in [0.15, 0.2) is 0 Å². The van der Waals surface area contributed by atoms with E-state index in [2.05, 4.69) is 6.07 Å². The molecule has 142 valence electrons. The number of carbonyl (C=O) groups is 1. The van der Waals surface area contributed by atoms with Crippen molar-refractivity contribution in [3.63, 3.8) is 0 Å². The van der Waals surface area contributed by atoms with Crippen molar-refractivity contribution in [2.24, 2.45) is 5.92 Å². The van der Waals surface area contributed by atoms with Gasteiger partial charge < -0.3 is 4.90 Å². The molecule has 0 spiro atoms. The number of hydrogen-bond donors (Lipinski definition) is 0. The number of amides is 1. The average Bonchev–Trinajstić information content (AvgIpc) is 3.12. The van der Waals surface area contributed by atoms with Gasteiger partial charge in [-0.1, -0.05) is 48.5 Å². The molecule has 0 aromatic heterocycles. The van der Waals surface area contributed by atoms with Crippen LogP contribution in [-0.2, 0) is 27.0 Å². The first-order valence-electron chi connectivity index (χ1n) is 9.45. The highest BCUT2D eigenvalue weighted by molar-refractivity contribution is 7.88. The van der Waals surface area contributed by atoms with Gasteiger partial charge in [0.1, 0.15) is 0 Å². The molecule has 2 aromatic rings. The zero-order valence-corrected chi connectivity index (χ0v) is 16.1. The first-order valence-corrected chi connectivity index (χ1v) is 11.1. The maximum atomic E-state index is 13.1. The molecule has 2 aromatic carbocycles. The van der Waals surface area contributed by atoms with Gasteiger partial charge in [-0.15, -0.1) is 0 Å². The molecule has 0 aliphatic carbocycles. The number of hydrogen-bond acceptors (Lipinski definition) is 3. The van der Waals surface area contributed by atoms with Crippen molar-refractivity contribution < 1.29 is 13.2 Å². The summed E-state index contributed by atoms with van der Waals surface area (Å²) in [5.41, 5.74) is 2.95. The zero-order valence-electron chi connectivity index (χ0n) is 15.3. The van der Waals surface area contributed by atoms with Gasteiger partial charge in [-0.25, -0.2) is 12.7 Å². The summed E-state index contributed by atoms with van der Waals surface area (Å²) in [5.74, 6) is -0.226. The highest BCUT2D eigenvalue weighted by Crippen LogP contribution is 2.31. The third kappa shape index (κ3) is 3.77. The summed E-state index contributed by atoms with van der Waals surface area (Å²) in [6.07, 6.45) is 2.33. The Labute approximate surface area is 160 Å². The number of sulfonamides is 1. The maximum Gasteiger partial charge on any atom is 0.231 e. The molecular weight excluding hydrogens is 360 g/mol. The smallest absolute Gasteiger partial charge is 0.231 e. The van der Waals surface area contributed by atoms with Crippen molar-refractivity contribution in [2.75, 3.05) is 24.5 Å². The van der Waals surface area contributed by atoms with E-state index >= 15 is 0 Å². The Bertz CT molecular complexity index is 927. The van der Waals surface area contributed by atoms with Gasteiger partial charge in [-0.05, 0) is 36.5 Å². The lowest BCUT2D eigenvalue weighted by molar-refractivity contribution is -0.123. The molecule has 5 nitrogen and oxygen atoms in total. The normalized spacial score (nSPS) is 20.4. The molecule has 0 saturated carbocycles. The summed E-state index contributed by atoms with van der Waals surface area (Å²) >= 11 is 0. The fourth-order valence-corrected chi connectivity index (χ4v) is 5.67. The number of piperidine rings is 1. The molecule has 1 fully saturated rings. The van der Waals surface area contributed by atoms with Crippen LogP contribution < -0.4 is 4.90 Å². The minimum Gasteiger partial charge on any atom is -0.312 e. The Morgan fingerprint density at radius 2 is 1.74 bits per heavy atom. The van der Waals surface area contributed by atoms with Gasteiger partial charge >= 0.3 is 0 Å². The van der Waals surface area contributed by atoms with Crippen LogP contribution in [0.15, 0.2) is 54.6 Å². The summed E-state index contributed by atoms with van der Waals surface area (Å²) < 4.78 is 27.2. The van der Waals surface area contributed by atoms with Gasteiger partial charge in [0.25, 0.3) is 0 Å². The number of carbonyl (C=O) groups excluding carboxylic acids is 1. The number of benzene rings is 2. The molecule has 27 heavy (non-hydrogen) atoms. The Morgan fingerprint density at radius 3 is 2.56 bits per heavy atom. The van der Waals surface area contributed by atoms with Crippen LogP contribution in [0.3, 0.4) is 0 Å². The van der Waals surface area contributed by atoms with E-state index in [-0.39, 0.29) is 24.1 Å². The minimum atomic E-state index is -3.42. The largest absolute Gasteiger partial charge is 0.312 e. The number of anilines is 1. The first-order chi connectivity index (χ1) is 13.0. The van der Waals surface area contributed by atoms with Crippen molar-refractivity contribution in [2.45, 2.75) is 25.0 Å². The standard InChI is InChI=1S/C21H24N2O3S/c24-21(23-14-12-18-9-4-5-11-20(18)23)19-10-6-13-22(15-19)27(25,26)16-17-7-2-1-3-8-17/h1-5,7-9,11,19H,6,10,12-16H2/t19-/m1/s1. The third-order valence-electron chi connectivity index (χ3n) is 5.47. The van der Waals surface area contributed by atoms with Crippen LogP contribution in [0.4, 0.5) is 5.69 Å². The average molecular weight is 385 g/mol. The molecular formula is C21H24N2O3S. The second kappa shape index (κ2) is 7.44. The summed E-state index contributed by atoms with van der Waals surface area (Å²) in [5, 5.41) is 0. The Balaban J connectivity index is 1.47. The van der Waals surface area contributed by atoms with Crippen LogP contribution in [-0.4, -0.2) is 38.3 Å². The Morgan fingerprint density at radius 1 is 1.00 bits per heavy atom. The fourth-order valence-electron chi connectivity index (χ4n) is 4.06. The van der Waals surface area contributed by atoms with Crippen molar-refractivity contribution in [3.05, 3.63) is 65.7 Å².